The Hall–Kier alpha value is -3.14. The third kappa shape index (κ3) is 4.52. The Labute approximate surface area is 188 Å². The summed E-state index contributed by atoms with van der Waals surface area (Å²) in [4.78, 5) is 31.1. The molecule has 0 atom stereocenters. The molecular formula is C23H24F3N3O4. The SMILES string of the molecule is COc1cc2c(cc1NC(=O)c1ncccc1C(F)(F)F)CN(C1CCC(CO)CC1)C2=O. The van der Waals surface area contributed by atoms with E-state index in [4.69, 9.17) is 4.74 Å². The van der Waals surface area contributed by atoms with Gasteiger partial charge < -0.3 is 20.1 Å². The van der Waals surface area contributed by atoms with Gasteiger partial charge in [0, 0.05) is 31.0 Å². The molecule has 0 bridgehead atoms. The Kier molecular flexibility index (Phi) is 6.29. The van der Waals surface area contributed by atoms with Crippen LogP contribution in [0.4, 0.5) is 18.9 Å². The number of carbonyl (C=O) groups is 2. The summed E-state index contributed by atoms with van der Waals surface area (Å²) >= 11 is 0. The van der Waals surface area contributed by atoms with Crippen molar-refractivity contribution in [2.75, 3.05) is 19.0 Å². The second-order valence-electron chi connectivity index (χ2n) is 8.35. The number of alkyl halides is 3. The van der Waals surface area contributed by atoms with Gasteiger partial charge in [0.25, 0.3) is 11.8 Å². The first-order chi connectivity index (χ1) is 15.7. The molecule has 0 saturated heterocycles. The molecule has 0 radical (unpaired) electrons. The lowest BCUT2D eigenvalue weighted by atomic mass is 9.86. The summed E-state index contributed by atoms with van der Waals surface area (Å²) in [5.41, 5.74) is -0.604. The Morgan fingerprint density at radius 1 is 1.27 bits per heavy atom. The fourth-order valence-corrected chi connectivity index (χ4v) is 4.56. The molecule has 1 aliphatic heterocycles. The van der Waals surface area contributed by atoms with E-state index in [-0.39, 0.29) is 35.9 Å². The third-order valence-electron chi connectivity index (χ3n) is 6.35. The standard InChI is InChI=1S/C23H24F3N3O4/c1-33-19-10-16-14(11-29(22(16)32)15-6-4-13(12-30)5-7-15)9-18(19)28-21(31)20-17(23(24,25)26)3-2-8-27-20/h2-3,8-10,13,15,30H,4-7,11-12H2,1H3,(H,28,31). The van der Waals surface area contributed by atoms with E-state index in [0.29, 0.717) is 17.7 Å². The lowest BCUT2D eigenvalue weighted by Gasteiger charge is -2.34. The zero-order valence-electron chi connectivity index (χ0n) is 18.0. The van der Waals surface area contributed by atoms with Gasteiger partial charge in [-0.1, -0.05) is 0 Å². The van der Waals surface area contributed by atoms with Crippen molar-refractivity contribution in [2.45, 2.75) is 44.4 Å². The molecule has 33 heavy (non-hydrogen) atoms. The van der Waals surface area contributed by atoms with Crippen LogP contribution in [0.1, 0.15) is 57.7 Å². The van der Waals surface area contributed by atoms with Gasteiger partial charge in [0.2, 0.25) is 0 Å². The first kappa shape index (κ1) is 23.0. The summed E-state index contributed by atoms with van der Waals surface area (Å²) in [7, 11) is 1.35. The number of anilines is 1. The predicted octanol–water partition coefficient (Wildman–Crippen LogP) is 3.87. The third-order valence-corrected chi connectivity index (χ3v) is 6.35. The summed E-state index contributed by atoms with van der Waals surface area (Å²) in [5, 5.41) is 11.8. The van der Waals surface area contributed by atoms with Crippen molar-refractivity contribution in [3.8, 4) is 5.75 Å². The van der Waals surface area contributed by atoms with Crippen LogP contribution in [-0.4, -0.2) is 46.6 Å². The molecule has 2 amide bonds. The molecule has 0 spiro atoms. The number of pyridine rings is 1. The summed E-state index contributed by atoms with van der Waals surface area (Å²) in [6, 6.07) is 5.04. The molecule has 1 saturated carbocycles. The monoisotopic (exact) mass is 463 g/mol. The smallest absolute Gasteiger partial charge is 0.418 e. The van der Waals surface area contributed by atoms with Crippen LogP contribution in [0.15, 0.2) is 30.5 Å². The summed E-state index contributed by atoms with van der Waals surface area (Å²) < 4.78 is 45.1. The molecule has 7 nitrogen and oxygen atoms in total. The number of benzene rings is 1. The molecule has 1 aliphatic carbocycles. The van der Waals surface area contributed by atoms with Gasteiger partial charge in [-0.25, -0.2) is 0 Å². The molecule has 2 heterocycles. The van der Waals surface area contributed by atoms with Crippen molar-refractivity contribution in [1.29, 1.82) is 0 Å². The van der Waals surface area contributed by atoms with Gasteiger partial charge in [-0.15, -0.1) is 0 Å². The Balaban J connectivity index is 1.57. The second kappa shape index (κ2) is 9.01. The maximum Gasteiger partial charge on any atom is 0.418 e. The van der Waals surface area contributed by atoms with E-state index in [2.05, 4.69) is 10.3 Å². The number of aromatic nitrogens is 1. The molecule has 2 aromatic rings. The number of hydrogen-bond donors (Lipinski definition) is 2. The number of aliphatic hydroxyl groups excluding tert-OH is 1. The number of hydrogen-bond acceptors (Lipinski definition) is 5. The van der Waals surface area contributed by atoms with Crippen molar-refractivity contribution in [1.82, 2.24) is 9.88 Å². The molecule has 1 aromatic carbocycles. The van der Waals surface area contributed by atoms with E-state index >= 15 is 0 Å². The van der Waals surface area contributed by atoms with Crippen molar-refractivity contribution >= 4 is 17.5 Å². The number of halogens is 3. The Bertz CT molecular complexity index is 1070. The molecule has 2 N–H and O–H groups in total. The Morgan fingerprint density at radius 3 is 2.64 bits per heavy atom. The minimum Gasteiger partial charge on any atom is -0.495 e. The average Bonchev–Trinajstić information content (AvgIpc) is 3.13. The number of nitrogens with zero attached hydrogens (tertiary/aromatic N) is 2. The number of aliphatic hydroxyl groups is 1. The van der Waals surface area contributed by atoms with Gasteiger partial charge >= 0.3 is 6.18 Å². The van der Waals surface area contributed by atoms with E-state index in [1.54, 1.807) is 11.0 Å². The molecule has 10 heteroatoms. The number of fused-ring (bicyclic) bond motifs is 1. The highest BCUT2D eigenvalue weighted by molar-refractivity contribution is 6.06. The van der Waals surface area contributed by atoms with Crippen LogP contribution < -0.4 is 10.1 Å². The Morgan fingerprint density at radius 2 is 2.00 bits per heavy atom. The van der Waals surface area contributed by atoms with Crippen LogP contribution >= 0.6 is 0 Å². The van der Waals surface area contributed by atoms with Crippen LogP contribution in [0, 0.1) is 5.92 Å². The number of ether oxygens (including phenoxy) is 1. The quantitative estimate of drug-likeness (QED) is 0.703. The van der Waals surface area contributed by atoms with Crippen molar-refractivity contribution in [2.24, 2.45) is 5.92 Å². The van der Waals surface area contributed by atoms with E-state index in [0.717, 1.165) is 44.0 Å². The molecule has 2 aliphatic rings. The van der Waals surface area contributed by atoms with Crippen LogP contribution in [0.2, 0.25) is 0 Å². The van der Waals surface area contributed by atoms with E-state index in [1.807, 2.05) is 0 Å². The van der Waals surface area contributed by atoms with E-state index in [1.165, 1.54) is 13.2 Å². The fourth-order valence-electron chi connectivity index (χ4n) is 4.56. The molecule has 0 unspecified atom stereocenters. The van der Waals surface area contributed by atoms with Gasteiger partial charge in [0.1, 0.15) is 11.4 Å². The van der Waals surface area contributed by atoms with Crippen molar-refractivity contribution in [3.05, 3.63) is 52.8 Å². The summed E-state index contributed by atoms with van der Waals surface area (Å²) in [6.07, 6.45) is -0.330. The first-order valence-corrected chi connectivity index (χ1v) is 10.7. The molecule has 4 rings (SSSR count). The normalized spacial score (nSPS) is 20.5. The van der Waals surface area contributed by atoms with Gasteiger partial charge in [0.05, 0.1) is 18.4 Å². The number of methoxy groups -OCH3 is 1. The van der Waals surface area contributed by atoms with Crippen LogP contribution in [0.3, 0.4) is 0 Å². The highest BCUT2D eigenvalue weighted by Crippen LogP contribution is 2.38. The van der Waals surface area contributed by atoms with Crippen LogP contribution in [0.25, 0.3) is 0 Å². The van der Waals surface area contributed by atoms with E-state index in [9.17, 15) is 27.9 Å². The maximum absolute atomic E-state index is 13.3. The number of carbonyl (C=O) groups excluding carboxylic acids is 2. The number of rotatable bonds is 5. The molecule has 1 fully saturated rings. The van der Waals surface area contributed by atoms with Crippen molar-refractivity contribution < 1.29 is 32.6 Å². The zero-order valence-corrected chi connectivity index (χ0v) is 18.0. The number of nitrogens with one attached hydrogen (secondary N) is 1. The van der Waals surface area contributed by atoms with Crippen LogP contribution in [-0.2, 0) is 12.7 Å². The molecule has 176 valence electrons. The largest absolute Gasteiger partial charge is 0.495 e. The maximum atomic E-state index is 13.3. The molecule has 1 aromatic heterocycles. The average molecular weight is 463 g/mol. The van der Waals surface area contributed by atoms with E-state index < -0.39 is 23.3 Å². The molecular weight excluding hydrogens is 439 g/mol. The summed E-state index contributed by atoms with van der Waals surface area (Å²) in [6.45, 7) is 0.486. The highest BCUT2D eigenvalue weighted by Gasteiger charge is 2.37. The summed E-state index contributed by atoms with van der Waals surface area (Å²) in [5.74, 6) is -0.732. The van der Waals surface area contributed by atoms with Crippen molar-refractivity contribution in [3.63, 3.8) is 0 Å². The lowest BCUT2D eigenvalue weighted by molar-refractivity contribution is -0.138. The number of amides is 2. The topological polar surface area (TPSA) is 91.8 Å². The first-order valence-electron chi connectivity index (χ1n) is 10.7. The van der Waals surface area contributed by atoms with Crippen LogP contribution in [0.5, 0.6) is 5.75 Å². The minimum atomic E-state index is -4.73. The van der Waals surface area contributed by atoms with Gasteiger partial charge in [0.15, 0.2) is 0 Å². The van der Waals surface area contributed by atoms with Gasteiger partial charge in [-0.05, 0) is 61.4 Å². The minimum absolute atomic E-state index is 0.0552. The second-order valence-corrected chi connectivity index (χ2v) is 8.35. The lowest BCUT2D eigenvalue weighted by Crippen LogP contribution is -2.38. The predicted molar refractivity (Wildman–Crippen MR) is 113 cm³/mol. The highest BCUT2D eigenvalue weighted by atomic mass is 19.4. The zero-order chi connectivity index (χ0) is 23.8. The fraction of sp³-hybridized carbons (Fsp3) is 0.435. The van der Waals surface area contributed by atoms with Gasteiger partial charge in [-0.3, -0.25) is 14.6 Å². The van der Waals surface area contributed by atoms with Gasteiger partial charge in [-0.2, -0.15) is 13.2 Å².